The van der Waals surface area contributed by atoms with Gasteiger partial charge in [-0.3, -0.25) is 4.79 Å². The predicted octanol–water partition coefficient (Wildman–Crippen LogP) is -1.15. The molecule has 86 valence electrons. The number of amidine groups is 1. The van der Waals surface area contributed by atoms with E-state index in [0.29, 0.717) is 25.3 Å². The second-order valence-electron chi connectivity index (χ2n) is 3.63. The normalized spacial score (nSPS) is 26.9. The molecule has 0 aromatic carbocycles. The van der Waals surface area contributed by atoms with Crippen molar-refractivity contribution in [1.29, 1.82) is 0 Å². The summed E-state index contributed by atoms with van der Waals surface area (Å²) in [5, 5.41) is 13.4. The molecule has 0 spiro atoms. The smallest absolute Gasteiger partial charge is 0.220 e. The van der Waals surface area contributed by atoms with E-state index in [2.05, 4.69) is 10.5 Å². The maximum Gasteiger partial charge on any atom is 0.220 e. The van der Waals surface area contributed by atoms with E-state index in [0.717, 1.165) is 0 Å². The largest absolute Gasteiger partial charge is 0.391 e. The number of amides is 1. The molecule has 6 nitrogen and oxygen atoms in total. The van der Waals surface area contributed by atoms with Gasteiger partial charge in [0, 0.05) is 26.4 Å². The molecule has 1 heterocycles. The Morgan fingerprint density at radius 2 is 2.40 bits per heavy atom. The predicted molar refractivity (Wildman–Crippen MR) is 57.1 cm³/mol. The summed E-state index contributed by atoms with van der Waals surface area (Å²) in [6.45, 7) is 4.38. The molecule has 4 N–H and O–H groups in total. The number of nitrogens with zero attached hydrogens (tertiary/aromatic N) is 2. The topological polar surface area (TPSA) is 90.9 Å². The maximum absolute atomic E-state index is 11.3. The molecule has 0 aromatic heterocycles. The molecule has 0 radical (unpaired) electrons. The van der Waals surface area contributed by atoms with Crippen LogP contribution in [-0.2, 0) is 4.79 Å². The molecular weight excluding hydrogens is 196 g/mol. The minimum atomic E-state index is -0.505. The van der Waals surface area contributed by atoms with Crippen LogP contribution in [0.25, 0.3) is 0 Å². The fourth-order valence-corrected chi connectivity index (χ4v) is 1.69. The highest BCUT2D eigenvalue weighted by atomic mass is 16.3. The Labute approximate surface area is 89.1 Å². The van der Waals surface area contributed by atoms with Gasteiger partial charge in [0.15, 0.2) is 0 Å². The van der Waals surface area contributed by atoms with Crippen LogP contribution in [0.5, 0.6) is 0 Å². The summed E-state index contributed by atoms with van der Waals surface area (Å²) in [6, 6.07) is -0.281. The first kappa shape index (κ1) is 11.8. The molecule has 0 bridgehead atoms. The minimum absolute atomic E-state index is 0.0915. The Balaban J connectivity index is 2.70. The van der Waals surface area contributed by atoms with Gasteiger partial charge in [-0.2, -0.15) is 5.10 Å². The zero-order valence-corrected chi connectivity index (χ0v) is 9.10. The number of hydrogen-bond donors (Lipinski definition) is 3. The van der Waals surface area contributed by atoms with E-state index in [1.54, 1.807) is 4.90 Å². The molecule has 0 unspecified atom stereocenters. The lowest BCUT2D eigenvalue weighted by Gasteiger charge is -2.21. The standard InChI is InChI=1S/C9H18N4O2/c1-3-11-12-9(10)8-4-7(15)5-13(8)6(2)14/h7-8,11,15H,3-5H2,1-2H3,(H2,10,12)/t7-,8+/m1/s1. The molecule has 1 amide bonds. The van der Waals surface area contributed by atoms with Crippen molar-refractivity contribution in [3.8, 4) is 0 Å². The van der Waals surface area contributed by atoms with Gasteiger partial charge < -0.3 is 21.2 Å². The van der Waals surface area contributed by atoms with Crippen molar-refractivity contribution in [3.05, 3.63) is 0 Å². The van der Waals surface area contributed by atoms with Crippen molar-refractivity contribution in [2.75, 3.05) is 13.1 Å². The minimum Gasteiger partial charge on any atom is -0.391 e. The van der Waals surface area contributed by atoms with Crippen LogP contribution in [0.1, 0.15) is 20.3 Å². The lowest BCUT2D eigenvalue weighted by atomic mass is 10.2. The van der Waals surface area contributed by atoms with Gasteiger partial charge in [0.25, 0.3) is 0 Å². The third kappa shape index (κ3) is 2.82. The van der Waals surface area contributed by atoms with E-state index >= 15 is 0 Å². The number of aliphatic hydroxyl groups is 1. The number of likely N-dealkylation sites (tertiary alicyclic amines) is 1. The summed E-state index contributed by atoms with van der Waals surface area (Å²) in [5.41, 5.74) is 8.48. The second kappa shape index (κ2) is 4.97. The molecule has 0 aromatic rings. The fourth-order valence-electron chi connectivity index (χ4n) is 1.69. The van der Waals surface area contributed by atoms with Gasteiger partial charge in [-0.15, -0.1) is 0 Å². The number of hydrogen-bond acceptors (Lipinski definition) is 4. The highest BCUT2D eigenvalue weighted by Crippen LogP contribution is 2.17. The monoisotopic (exact) mass is 214 g/mol. The summed E-state index contributed by atoms with van der Waals surface area (Å²) in [5.74, 6) is 0.259. The quantitative estimate of drug-likeness (QED) is 0.314. The zero-order chi connectivity index (χ0) is 11.4. The van der Waals surface area contributed by atoms with Gasteiger partial charge in [0.2, 0.25) is 5.91 Å². The number of nitrogens with two attached hydrogens (primary N) is 1. The molecule has 1 aliphatic heterocycles. The van der Waals surface area contributed by atoms with Gasteiger partial charge in [-0.05, 0) is 6.92 Å². The number of nitrogens with one attached hydrogen (secondary N) is 1. The highest BCUT2D eigenvalue weighted by molar-refractivity contribution is 5.90. The van der Waals surface area contributed by atoms with Crippen LogP contribution in [0.3, 0.4) is 0 Å². The third-order valence-electron chi connectivity index (χ3n) is 2.39. The lowest BCUT2D eigenvalue weighted by Crippen LogP contribution is -2.43. The van der Waals surface area contributed by atoms with E-state index in [4.69, 9.17) is 5.73 Å². The zero-order valence-electron chi connectivity index (χ0n) is 9.10. The number of β-amino-alcohol motifs (C(OH)–C–C–N with tert-alkyl or cyclic N) is 1. The number of hydrazone groups is 1. The summed E-state index contributed by atoms with van der Waals surface area (Å²) >= 11 is 0. The van der Waals surface area contributed by atoms with Crippen LogP contribution in [0, 0.1) is 0 Å². The molecule has 15 heavy (non-hydrogen) atoms. The molecule has 1 saturated heterocycles. The van der Waals surface area contributed by atoms with Crippen molar-refractivity contribution < 1.29 is 9.90 Å². The Hall–Kier alpha value is -1.30. The first-order chi connectivity index (χ1) is 7.06. The first-order valence-corrected chi connectivity index (χ1v) is 5.07. The average Bonchev–Trinajstić information content (AvgIpc) is 2.57. The van der Waals surface area contributed by atoms with Crippen molar-refractivity contribution in [3.63, 3.8) is 0 Å². The first-order valence-electron chi connectivity index (χ1n) is 5.07. The molecule has 0 aliphatic carbocycles. The summed E-state index contributed by atoms with van der Waals surface area (Å²) in [4.78, 5) is 12.8. The molecule has 1 rings (SSSR count). The molecular formula is C9H18N4O2. The van der Waals surface area contributed by atoms with Crippen molar-refractivity contribution in [2.45, 2.75) is 32.4 Å². The summed E-state index contributed by atoms with van der Waals surface area (Å²) in [7, 11) is 0. The van der Waals surface area contributed by atoms with Crippen LogP contribution in [0.2, 0.25) is 0 Å². The van der Waals surface area contributed by atoms with Crippen LogP contribution in [0.15, 0.2) is 5.10 Å². The third-order valence-corrected chi connectivity index (χ3v) is 2.39. The van der Waals surface area contributed by atoms with Gasteiger partial charge in [0.05, 0.1) is 12.1 Å². The van der Waals surface area contributed by atoms with Crippen LogP contribution in [0.4, 0.5) is 0 Å². The summed E-state index contributed by atoms with van der Waals surface area (Å²) < 4.78 is 0. The molecule has 2 atom stereocenters. The van der Waals surface area contributed by atoms with Gasteiger partial charge >= 0.3 is 0 Å². The van der Waals surface area contributed by atoms with E-state index in [1.807, 2.05) is 6.92 Å². The van der Waals surface area contributed by atoms with Crippen molar-refractivity contribution in [2.24, 2.45) is 10.8 Å². The highest BCUT2D eigenvalue weighted by Gasteiger charge is 2.35. The van der Waals surface area contributed by atoms with Crippen LogP contribution >= 0.6 is 0 Å². The van der Waals surface area contributed by atoms with Crippen molar-refractivity contribution >= 4 is 11.7 Å². The Morgan fingerprint density at radius 3 is 2.93 bits per heavy atom. The fraction of sp³-hybridized carbons (Fsp3) is 0.778. The van der Waals surface area contributed by atoms with Crippen LogP contribution in [-0.4, -0.2) is 47.0 Å². The Bertz CT molecular complexity index is 267. The second-order valence-corrected chi connectivity index (χ2v) is 3.63. The number of aliphatic hydroxyl groups excluding tert-OH is 1. The van der Waals surface area contributed by atoms with Gasteiger partial charge in [-0.1, -0.05) is 0 Å². The Kier molecular flexibility index (Phi) is 3.90. The van der Waals surface area contributed by atoms with Gasteiger partial charge in [-0.25, -0.2) is 0 Å². The van der Waals surface area contributed by atoms with Gasteiger partial charge in [0.1, 0.15) is 5.84 Å². The SMILES string of the molecule is CCN/N=C(\N)[C@@H]1C[C@@H](O)CN1C(C)=O. The van der Waals surface area contributed by atoms with E-state index in [1.165, 1.54) is 6.92 Å². The molecule has 0 saturated carbocycles. The van der Waals surface area contributed by atoms with Crippen LogP contribution < -0.4 is 11.2 Å². The number of rotatable bonds is 3. The number of carbonyl (C=O) groups is 1. The van der Waals surface area contributed by atoms with E-state index in [9.17, 15) is 9.90 Å². The summed E-state index contributed by atoms with van der Waals surface area (Å²) in [6.07, 6.45) is -0.0467. The average molecular weight is 214 g/mol. The van der Waals surface area contributed by atoms with E-state index in [-0.39, 0.29) is 11.9 Å². The number of carbonyl (C=O) groups excluding carboxylic acids is 1. The lowest BCUT2D eigenvalue weighted by molar-refractivity contribution is -0.128. The van der Waals surface area contributed by atoms with E-state index < -0.39 is 6.10 Å². The molecule has 6 heteroatoms. The molecule has 1 fully saturated rings. The Morgan fingerprint density at radius 1 is 1.73 bits per heavy atom. The maximum atomic E-state index is 11.3. The van der Waals surface area contributed by atoms with Crippen molar-refractivity contribution in [1.82, 2.24) is 10.3 Å². The molecule has 1 aliphatic rings.